The zero-order valence-corrected chi connectivity index (χ0v) is 14.6. The second-order valence-electron chi connectivity index (χ2n) is 7.15. The number of hydrogen-bond acceptors (Lipinski definition) is 2. The molecule has 5 heteroatoms. The number of amides is 1. The molecule has 0 spiro atoms. The molecule has 2 fully saturated rings. The summed E-state index contributed by atoms with van der Waals surface area (Å²) in [5, 5.41) is 0. The van der Waals surface area contributed by atoms with Gasteiger partial charge < -0.3 is 9.47 Å². The van der Waals surface area contributed by atoms with Crippen molar-refractivity contribution in [3.8, 4) is 0 Å². The maximum absolute atomic E-state index is 14.0. The minimum Gasteiger partial charge on any atom is -0.340 e. The van der Waals surface area contributed by atoms with Crippen LogP contribution in [0.4, 0.5) is 4.39 Å². The molecule has 0 radical (unpaired) electrons. The molecule has 2 aliphatic rings. The van der Waals surface area contributed by atoms with E-state index in [0.717, 1.165) is 44.6 Å². The number of benzene rings is 1. The van der Waals surface area contributed by atoms with Gasteiger partial charge >= 0.3 is 0 Å². The van der Waals surface area contributed by atoms with Crippen molar-refractivity contribution in [2.24, 2.45) is 5.92 Å². The molecule has 0 bridgehead atoms. The van der Waals surface area contributed by atoms with Crippen LogP contribution in [0.1, 0.15) is 49.5 Å². The third-order valence-electron chi connectivity index (χ3n) is 5.58. The van der Waals surface area contributed by atoms with Gasteiger partial charge in [-0.15, -0.1) is 0 Å². The Balaban J connectivity index is 1.44. The summed E-state index contributed by atoms with van der Waals surface area (Å²) in [7, 11) is 0. The summed E-state index contributed by atoms with van der Waals surface area (Å²) in [6, 6.07) is 7.15. The van der Waals surface area contributed by atoms with Gasteiger partial charge in [-0.1, -0.05) is 25.1 Å². The lowest BCUT2D eigenvalue weighted by molar-refractivity contribution is -0.134. The number of likely N-dealkylation sites (tertiary alicyclic amines) is 1. The molecule has 4 rings (SSSR count). The first-order valence-electron chi connectivity index (χ1n) is 9.24. The first kappa shape index (κ1) is 16.3. The van der Waals surface area contributed by atoms with E-state index in [-0.39, 0.29) is 23.6 Å². The average Bonchev–Trinajstić information content (AvgIpc) is 3.29. The number of nitrogens with zero attached hydrogens (tertiary/aromatic N) is 3. The Labute approximate surface area is 147 Å². The van der Waals surface area contributed by atoms with E-state index in [1.54, 1.807) is 6.07 Å². The molecule has 1 aliphatic heterocycles. The Kier molecular flexibility index (Phi) is 4.32. The number of piperidine rings is 1. The summed E-state index contributed by atoms with van der Waals surface area (Å²) in [4.78, 5) is 19.3. The van der Waals surface area contributed by atoms with Crippen LogP contribution >= 0.6 is 0 Å². The maximum atomic E-state index is 14.0. The van der Waals surface area contributed by atoms with Gasteiger partial charge in [-0.05, 0) is 36.8 Å². The van der Waals surface area contributed by atoms with E-state index in [4.69, 9.17) is 0 Å². The van der Waals surface area contributed by atoms with Gasteiger partial charge in [-0.25, -0.2) is 9.37 Å². The first-order valence-corrected chi connectivity index (χ1v) is 9.24. The van der Waals surface area contributed by atoms with Crippen molar-refractivity contribution in [1.82, 2.24) is 14.5 Å². The van der Waals surface area contributed by atoms with E-state index >= 15 is 0 Å². The number of aromatic nitrogens is 2. The number of imidazole rings is 1. The number of rotatable bonds is 4. The fraction of sp³-hybridized carbons (Fsp3) is 0.500. The van der Waals surface area contributed by atoms with Crippen LogP contribution in [-0.2, 0) is 11.2 Å². The zero-order chi connectivity index (χ0) is 17.4. The summed E-state index contributed by atoms with van der Waals surface area (Å²) in [5.74, 6) is 1.08. The van der Waals surface area contributed by atoms with Crippen LogP contribution in [-0.4, -0.2) is 33.4 Å². The highest BCUT2D eigenvalue weighted by atomic mass is 19.1. The first-order chi connectivity index (χ1) is 12.2. The fourth-order valence-corrected chi connectivity index (χ4v) is 4.15. The molecule has 4 nitrogen and oxygen atoms in total. The topological polar surface area (TPSA) is 38.1 Å². The highest BCUT2D eigenvalue weighted by Gasteiger charge is 2.47. The zero-order valence-electron chi connectivity index (χ0n) is 14.6. The maximum Gasteiger partial charge on any atom is 0.226 e. The Morgan fingerprint density at radius 3 is 3.00 bits per heavy atom. The molecule has 0 unspecified atom stereocenters. The lowest BCUT2D eigenvalue weighted by atomic mass is 10.0. The number of carbonyl (C=O) groups is 1. The van der Waals surface area contributed by atoms with Crippen molar-refractivity contribution < 1.29 is 9.18 Å². The number of hydrogen-bond donors (Lipinski definition) is 0. The van der Waals surface area contributed by atoms with Crippen LogP contribution in [0.25, 0.3) is 0 Å². The second kappa shape index (κ2) is 6.62. The molecule has 1 aliphatic carbocycles. The molecular formula is C20H24FN3O. The molecule has 2 heterocycles. The summed E-state index contributed by atoms with van der Waals surface area (Å²) in [6.45, 7) is 3.66. The van der Waals surface area contributed by atoms with Crippen molar-refractivity contribution in [1.29, 1.82) is 0 Å². The van der Waals surface area contributed by atoms with Crippen molar-refractivity contribution in [2.45, 2.75) is 44.6 Å². The molecule has 2 aromatic rings. The average molecular weight is 341 g/mol. The molecule has 25 heavy (non-hydrogen) atoms. The highest BCUT2D eigenvalue weighted by molar-refractivity contribution is 5.83. The third kappa shape index (κ3) is 3.08. The lowest BCUT2D eigenvalue weighted by Crippen LogP contribution is -2.41. The highest BCUT2D eigenvalue weighted by Crippen LogP contribution is 2.49. The molecular weight excluding hydrogens is 317 g/mol. The summed E-state index contributed by atoms with van der Waals surface area (Å²) in [6.07, 6.45) is 7.62. The normalized spacial score (nSPS) is 25.8. The Hall–Kier alpha value is -2.17. The van der Waals surface area contributed by atoms with Crippen LogP contribution in [0.2, 0.25) is 0 Å². The van der Waals surface area contributed by atoms with Crippen LogP contribution < -0.4 is 0 Å². The molecule has 3 atom stereocenters. The summed E-state index contributed by atoms with van der Waals surface area (Å²) < 4.78 is 16.2. The van der Waals surface area contributed by atoms with E-state index in [0.29, 0.717) is 11.6 Å². The Morgan fingerprint density at radius 1 is 1.36 bits per heavy atom. The Morgan fingerprint density at radius 2 is 2.20 bits per heavy atom. The van der Waals surface area contributed by atoms with E-state index in [9.17, 15) is 9.18 Å². The van der Waals surface area contributed by atoms with E-state index < -0.39 is 0 Å². The van der Waals surface area contributed by atoms with Crippen LogP contribution in [0.5, 0.6) is 0 Å². The van der Waals surface area contributed by atoms with Gasteiger partial charge in [-0.2, -0.15) is 0 Å². The van der Waals surface area contributed by atoms with E-state index in [1.807, 2.05) is 29.4 Å². The lowest BCUT2D eigenvalue weighted by Gasteiger charge is -2.34. The smallest absolute Gasteiger partial charge is 0.226 e. The SMILES string of the molecule is CCc1nccn1[C@@H]1CCCN(C(=O)[C@H]2C[C@@H]2c2ccccc2F)C1. The standard InChI is InChI=1S/C20H24FN3O/c1-2-19-22-9-11-24(19)14-6-5-10-23(13-14)20(25)17-12-16(17)15-7-3-4-8-18(15)21/h3-4,7-9,11,14,16-17H,2,5-6,10,12-13H2,1H3/t14-,16-,17+/m1/s1. The van der Waals surface area contributed by atoms with E-state index in [1.165, 1.54) is 6.07 Å². The van der Waals surface area contributed by atoms with Gasteiger partial charge in [0.25, 0.3) is 0 Å². The van der Waals surface area contributed by atoms with Gasteiger partial charge in [0.2, 0.25) is 5.91 Å². The fourth-order valence-electron chi connectivity index (χ4n) is 4.15. The molecule has 132 valence electrons. The van der Waals surface area contributed by atoms with Crippen LogP contribution in [0.3, 0.4) is 0 Å². The molecule has 1 saturated carbocycles. The largest absolute Gasteiger partial charge is 0.340 e. The van der Waals surface area contributed by atoms with Crippen molar-refractivity contribution in [3.05, 3.63) is 53.9 Å². The number of halogens is 1. The minimum atomic E-state index is -0.190. The quantitative estimate of drug-likeness (QED) is 0.853. The molecule has 1 aromatic carbocycles. The number of aryl methyl sites for hydroxylation is 1. The molecule has 1 amide bonds. The number of carbonyl (C=O) groups excluding carboxylic acids is 1. The predicted molar refractivity (Wildman–Crippen MR) is 93.7 cm³/mol. The van der Waals surface area contributed by atoms with Gasteiger partial charge in [0.1, 0.15) is 11.6 Å². The van der Waals surface area contributed by atoms with Gasteiger partial charge in [-0.3, -0.25) is 4.79 Å². The molecule has 1 aromatic heterocycles. The van der Waals surface area contributed by atoms with Crippen molar-refractivity contribution in [2.75, 3.05) is 13.1 Å². The Bertz CT molecular complexity index is 772. The molecule has 0 N–H and O–H groups in total. The monoisotopic (exact) mass is 341 g/mol. The van der Waals surface area contributed by atoms with Gasteiger partial charge in [0.15, 0.2) is 0 Å². The summed E-state index contributed by atoms with van der Waals surface area (Å²) >= 11 is 0. The van der Waals surface area contributed by atoms with Crippen LogP contribution in [0.15, 0.2) is 36.7 Å². The van der Waals surface area contributed by atoms with Gasteiger partial charge in [0.05, 0.1) is 6.04 Å². The molecule has 1 saturated heterocycles. The van der Waals surface area contributed by atoms with Gasteiger partial charge in [0, 0.05) is 37.8 Å². The van der Waals surface area contributed by atoms with Crippen molar-refractivity contribution in [3.63, 3.8) is 0 Å². The van der Waals surface area contributed by atoms with Crippen LogP contribution in [0, 0.1) is 11.7 Å². The predicted octanol–water partition coefficient (Wildman–Crippen LogP) is 3.55. The third-order valence-corrected chi connectivity index (χ3v) is 5.58. The van der Waals surface area contributed by atoms with Crippen molar-refractivity contribution >= 4 is 5.91 Å². The van der Waals surface area contributed by atoms with E-state index in [2.05, 4.69) is 16.5 Å². The minimum absolute atomic E-state index is 0.0496. The second-order valence-corrected chi connectivity index (χ2v) is 7.15. The summed E-state index contributed by atoms with van der Waals surface area (Å²) in [5.41, 5.74) is 0.692.